The fourth-order valence-electron chi connectivity index (χ4n) is 4.08. The van der Waals surface area contributed by atoms with Crippen LogP contribution in [0.4, 0.5) is 4.79 Å². The molecule has 4 rings (SSSR count). The van der Waals surface area contributed by atoms with E-state index in [2.05, 4.69) is 12.2 Å². The minimum Gasteiger partial charge on any atom is -0.493 e. The van der Waals surface area contributed by atoms with E-state index in [-0.39, 0.29) is 16.0 Å². The first-order valence-corrected chi connectivity index (χ1v) is 15.3. The van der Waals surface area contributed by atoms with Gasteiger partial charge in [0, 0.05) is 12.7 Å². The number of benzene rings is 3. The summed E-state index contributed by atoms with van der Waals surface area (Å²) in [6.07, 6.45) is 3.60. The molecule has 0 aromatic heterocycles. The zero-order valence-corrected chi connectivity index (χ0v) is 23.7. The molecule has 0 radical (unpaired) electrons. The number of carbonyl (C=O) groups excluding carboxylic acids is 2. The molecule has 10 heteroatoms. The molecule has 2 amide bonds. The lowest BCUT2D eigenvalue weighted by atomic mass is 9.99. The van der Waals surface area contributed by atoms with E-state index in [1.807, 2.05) is 18.2 Å². The molecule has 206 valence electrons. The lowest BCUT2D eigenvalue weighted by Gasteiger charge is -2.19. The summed E-state index contributed by atoms with van der Waals surface area (Å²) in [7, 11) is -3.26. The van der Waals surface area contributed by atoms with Crippen LogP contribution in [0.25, 0.3) is 0 Å². The van der Waals surface area contributed by atoms with E-state index in [1.54, 1.807) is 43.3 Å². The molecule has 0 spiro atoms. The molecule has 3 aromatic carbocycles. The van der Waals surface area contributed by atoms with Crippen LogP contribution in [0, 0.1) is 0 Å². The molecule has 0 aliphatic carbocycles. The molecule has 1 heterocycles. The second-order valence-corrected chi connectivity index (χ2v) is 12.7. The molecular weight excluding hydrogens is 538 g/mol. The maximum atomic E-state index is 12.1. The highest BCUT2D eigenvalue weighted by atomic mass is 32.2. The van der Waals surface area contributed by atoms with Crippen LogP contribution in [0.15, 0.2) is 71.6 Å². The summed E-state index contributed by atoms with van der Waals surface area (Å²) in [5.74, 6) is 2.35. The lowest BCUT2D eigenvalue weighted by Crippen LogP contribution is -2.31. The maximum Gasteiger partial charge on any atom is 0.287 e. The van der Waals surface area contributed by atoms with Crippen LogP contribution in [-0.4, -0.2) is 39.0 Å². The van der Waals surface area contributed by atoms with E-state index in [9.17, 15) is 18.0 Å². The molecule has 1 saturated heterocycles. The Morgan fingerprint density at radius 1 is 0.872 bits per heavy atom. The number of ether oxygens (including phenoxy) is 3. The van der Waals surface area contributed by atoms with Crippen LogP contribution in [0.5, 0.6) is 23.0 Å². The number of aryl methyl sites for hydroxylation is 1. The fraction of sp³-hybridized carbons (Fsp3) is 0.310. The van der Waals surface area contributed by atoms with Crippen molar-refractivity contribution >= 4 is 32.7 Å². The molecule has 1 aliphatic heterocycles. The zero-order valence-electron chi connectivity index (χ0n) is 22.1. The van der Waals surface area contributed by atoms with E-state index < -0.39 is 14.6 Å². The highest BCUT2D eigenvalue weighted by Crippen LogP contribution is 2.41. The normalized spacial score (nSPS) is 17.1. The van der Waals surface area contributed by atoms with Gasteiger partial charge in [-0.1, -0.05) is 25.5 Å². The summed E-state index contributed by atoms with van der Waals surface area (Å²) in [5, 5.41) is 1.99. The lowest BCUT2D eigenvalue weighted by molar-refractivity contribution is -0.121. The van der Waals surface area contributed by atoms with Gasteiger partial charge in [0.25, 0.3) is 5.24 Å². The molecular formula is C29H31NO7S2. The van der Waals surface area contributed by atoms with Gasteiger partial charge in [0.1, 0.15) is 27.7 Å². The number of hydrogen-bond donors (Lipinski definition) is 1. The Hall–Kier alpha value is -3.50. The number of sulfone groups is 1. The number of carbonyl (C=O) groups is 2. The van der Waals surface area contributed by atoms with Gasteiger partial charge in [0.05, 0.1) is 18.1 Å². The molecule has 39 heavy (non-hydrogen) atoms. The topological polar surface area (TPSA) is 108 Å². The smallest absolute Gasteiger partial charge is 0.287 e. The third-order valence-corrected chi connectivity index (χ3v) is 8.45. The highest BCUT2D eigenvalue weighted by molar-refractivity contribution is 8.15. The van der Waals surface area contributed by atoms with E-state index in [0.717, 1.165) is 41.5 Å². The van der Waals surface area contributed by atoms with E-state index in [0.29, 0.717) is 36.9 Å². The molecule has 1 fully saturated rings. The fourth-order valence-corrected chi connectivity index (χ4v) is 5.62. The van der Waals surface area contributed by atoms with Gasteiger partial charge in [-0.25, -0.2) is 8.42 Å². The molecule has 0 saturated carbocycles. The van der Waals surface area contributed by atoms with E-state index in [1.165, 1.54) is 18.4 Å². The van der Waals surface area contributed by atoms with E-state index in [4.69, 9.17) is 14.2 Å². The summed E-state index contributed by atoms with van der Waals surface area (Å²) < 4.78 is 40.2. The SMILES string of the molecule is CCCc1cc(Oc2ccc(S(C)(=O)=O)cc2)ccc1OCCCOc1ccc(C2(C)SC(=O)NC2=O)cc1. The van der Waals surface area contributed by atoms with Crippen molar-refractivity contribution in [3.05, 3.63) is 77.9 Å². The van der Waals surface area contributed by atoms with Gasteiger partial charge >= 0.3 is 0 Å². The Kier molecular flexibility index (Phi) is 8.87. The van der Waals surface area contributed by atoms with Crippen LogP contribution in [-0.2, 0) is 25.8 Å². The van der Waals surface area contributed by atoms with Crippen molar-refractivity contribution < 1.29 is 32.2 Å². The Labute approximate surface area is 233 Å². The third kappa shape index (κ3) is 7.13. The summed E-state index contributed by atoms with van der Waals surface area (Å²) in [6, 6.07) is 19.2. The minimum atomic E-state index is -3.26. The van der Waals surface area contributed by atoms with Gasteiger partial charge in [-0.05, 0) is 90.8 Å². The number of nitrogens with one attached hydrogen (secondary N) is 1. The molecule has 3 aromatic rings. The number of imide groups is 1. The van der Waals surface area contributed by atoms with Gasteiger partial charge in [-0.3, -0.25) is 14.9 Å². The van der Waals surface area contributed by atoms with Gasteiger partial charge in [0.15, 0.2) is 9.84 Å². The largest absolute Gasteiger partial charge is 0.493 e. The van der Waals surface area contributed by atoms with Crippen LogP contribution in [0.2, 0.25) is 0 Å². The van der Waals surface area contributed by atoms with Crippen molar-refractivity contribution in [1.82, 2.24) is 5.32 Å². The maximum absolute atomic E-state index is 12.1. The molecule has 8 nitrogen and oxygen atoms in total. The van der Waals surface area contributed by atoms with Crippen LogP contribution in [0.3, 0.4) is 0 Å². The number of amides is 2. The molecule has 1 aliphatic rings. The third-order valence-electron chi connectivity index (χ3n) is 6.20. The predicted octanol–water partition coefficient (Wildman–Crippen LogP) is 5.88. The minimum absolute atomic E-state index is 0.246. The van der Waals surface area contributed by atoms with Crippen molar-refractivity contribution in [1.29, 1.82) is 0 Å². The molecule has 1 N–H and O–H groups in total. The van der Waals surface area contributed by atoms with Gasteiger partial charge in [-0.15, -0.1) is 0 Å². The molecule has 1 atom stereocenters. The van der Waals surface area contributed by atoms with Gasteiger partial charge in [-0.2, -0.15) is 0 Å². The Morgan fingerprint density at radius 3 is 2.13 bits per heavy atom. The first-order chi connectivity index (χ1) is 18.6. The first-order valence-electron chi connectivity index (χ1n) is 12.6. The second-order valence-electron chi connectivity index (χ2n) is 9.32. The van der Waals surface area contributed by atoms with Crippen LogP contribution >= 0.6 is 11.8 Å². The number of thioether (sulfide) groups is 1. The number of rotatable bonds is 12. The predicted molar refractivity (Wildman–Crippen MR) is 151 cm³/mol. The van der Waals surface area contributed by atoms with Crippen LogP contribution < -0.4 is 19.5 Å². The van der Waals surface area contributed by atoms with Crippen molar-refractivity contribution in [3.63, 3.8) is 0 Å². The van der Waals surface area contributed by atoms with Crippen molar-refractivity contribution in [3.8, 4) is 23.0 Å². The summed E-state index contributed by atoms with van der Waals surface area (Å²) in [5.41, 5.74) is 1.77. The van der Waals surface area contributed by atoms with Crippen molar-refractivity contribution in [2.45, 2.75) is 42.8 Å². The Bertz CT molecular complexity index is 1440. The number of hydrogen-bond acceptors (Lipinski definition) is 8. The first kappa shape index (κ1) is 28.5. The summed E-state index contributed by atoms with van der Waals surface area (Å²) in [6.45, 7) is 4.75. The van der Waals surface area contributed by atoms with Crippen LogP contribution in [0.1, 0.15) is 37.8 Å². The quantitative estimate of drug-likeness (QED) is 0.270. The zero-order chi connectivity index (χ0) is 28.0. The summed E-state index contributed by atoms with van der Waals surface area (Å²) >= 11 is 0.979. The molecule has 0 bridgehead atoms. The average Bonchev–Trinajstić information content (AvgIpc) is 3.17. The monoisotopic (exact) mass is 569 g/mol. The average molecular weight is 570 g/mol. The Balaban J connectivity index is 1.28. The summed E-state index contributed by atoms with van der Waals surface area (Å²) in [4.78, 5) is 24.0. The Morgan fingerprint density at radius 2 is 1.51 bits per heavy atom. The van der Waals surface area contributed by atoms with Gasteiger partial charge < -0.3 is 14.2 Å². The van der Waals surface area contributed by atoms with Crippen molar-refractivity contribution in [2.24, 2.45) is 0 Å². The second kappa shape index (κ2) is 12.1. The van der Waals surface area contributed by atoms with Gasteiger partial charge in [0.2, 0.25) is 5.91 Å². The van der Waals surface area contributed by atoms with Crippen molar-refractivity contribution in [2.75, 3.05) is 19.5 Å². The van der Waals surface area contributed by atoms with E-state index >= 15 is 0 Å². The standard InChI is InChI=1S/C29H31NO7S2/c1-4-6-20-19-24(37-23-11-14-25(15-12-23)39(3,33)34)13-16-26(20)36-18-5-17-35-22-9-7-21(8-10-22)29(2)27(31)30-28(32)38-29/h7-16,19H,4-6,17-18H2,1-3H3,(H,30,31,32). The molecule has 1 unspecified atom stereocenters. The highest BCUT2D eigenvalue weighted by Gasteiger charge is 2.45.